The summed E-state index contributed by atoms with van der Waals surface area (Å²) in [6.45, 7) is 0. The lowest BCUT2D eigenvalue weighted by Crippen LogP contribution is -2.24. The lowest BCUT2D eigenvalue weighted by Gasteiger charge is -2.20. The molecule has 0 saturated heterocycles. The summed E-state index contributed by atoms with van der Waals surface area (Å²) in [5.41, 5.74) is -0.0322. The maximum absolute atomic E-state index is 12.5. The number of Topliss-reactive ketones (excluding diaryl/α,β-unsaturated/α-hetero) is 2. The molecule has 120 valence electrons. The van der Waals surface area contributed by atoms with Crippen molar-refractivity contribution >= 4 is 34.8 Å². The first-order valence-electron chi connectivity index (χ1n) is 6.79. The second-order valence-corrected chi connectivity index (χ2v) is 5.41. The number of benzene rings is 2. The lowest BCUT2D eigenvalue weighted by atomic mass is 9.92. The molecule has 0 heterocycles. The molecule has 0 fully saturated rings. The fourth-order valence-electron chi connectivity index (χ4n) is 2.38. The Morgan fingerprint density at radius 1 is 1.04 bits per heavy atom. The zero-order chi connectivity index (χ0) is 17.4. The van der Waals surface area contributed by atoms with E-state index in [1.54, 1.807) is 12.1 Å². The predicted molar refractivity (Wildman–Crippen MR) is 84.5 cm³/mol. The predicted octanol–water partition coefficient (Wildman–Crippen LogP) is 2.40. The van der Waals surface area contributed by atoms with Gasteiger partial charge in [-0.1, -0.05) is 47.7 Å². The fourth-order valence-corrected chi connectivity index (χ4v) is 2.61. The molecule has 0 radical (unpaired) electrons. The van der Waals surface area contributed by atoms with Crippen molar-refractivity contribution in [2.24, 2.45) is 0 Å². The van der Waals surface area contributed by atoms with Crippen molar-refractivity contribution in [1.82, 2.24) is 0 Å². The van der Waals surface area contributed by atoms with Crippen LogP contribution in [0, 0.1) is 0 Å². The molecule has 0 aliphatic heterocycles. The number of carbonyl (C=O) groups excluding carboxylic acids is 2. The van der Waals surface area contributed by atoms with E-state index < -0.39 is 28.8 Å². The molecule has 0 unspecified atom stereocenters. The van der Waals surface area contributed by atoms with Crippen LogP contribution in [0.25, 0.3) is 0 Å². The second kappa shape index (κ2) is 5.82. The van der Waals surface area contributed by atoms with Gasteiger partial charge in [0.25, 0.3) is 0 Å². The van der Waals surface area contributed by atoms with Crippen LogP contribution in [0.15, 0.2) is 53.2 Å². The molecule has 24 heavy (non-hydrogen) atoms. The molecule has 0 aromatic heterocycles. The Morgan fingerprint density at radius 3 is 2.29 bits per heavy atom. The minimum atomic E-state index is -1.39. The Kier molecular flexibility index (Phi) is 3.83. The van der Waals surface area contributed by atoms with Gasteiger partial charge in [-0.2, -0.15) is 0 Å². The van der Waals surface area contributed by atoms with Crippen LogP contribution in [0.2, 0.25) is 0 Å². The maximum atomic E-state index is 12.5. The Bertz CT molecular complexity index is 932. The lowest BCUT2D eigenvalue weighted by molar-refractivity contribution is -0.268. The molecule has 1 aliphatic carbocycles. The minimum absolute atomic E-state index is 0.157. The van der Waals surface area contributed by atoms with Crippen LogP contribution >= 0.6 is 11.6 Å². The van der Waals surface area contributed by atoms with Crippen molar-refractivity contribution in [2.75, 3.05) is 5.32 Å². The highest BCUT2D eigenvalue weighted by Gasteiger charge is 2.31. The molecular formula is C17H9ClNO5-. The molecule has 0 atom stereocenters. The van der Waals surface area contributed by atoms with Gasteiger partial charge in [-0.05, 0) is 12.1 Å². The van der Waals surface area contributed by atoms with E-state index >= 15 is 0 Å². The van der Waals surface area contributed by atoms with Crippen molar-refractivity contribution in [3.05, 3.63) is 69.9 Å². The molecule has 6 nitrogen and oxygen atoms in total. The van der Waals surface area contributed by atoms with Crippen LogP contribution in [0.1, 0.15) is 31.1 Å². The molecule has 0 bridgehead atoms. The number of halogens is 1. The van der Waals surface area contributed by atoms with E-state index in [1.807, 2.05) is 0 Å². The van der Waals surface area contributed by atoms with E-state index in [9.17, 15) is 19.5 Å². The molecule has 0 saturated carbocycles. The third-order valence-electron chi connectivity index (χ3n) is 3.54. The van der Waals surface area contributed by atoms with Crippen molar-refractivity contribution in [1.29, 1.82) is 0 Å². The number of carbonyl (C=O) groups is 3. The number of carboxylic acids is 1. The molecule has 2 N–H and O–H groups in total. The van der Waals surface area contributed by atoms with Crippen LogP contribution in [-0.4, -0.2) is 22.6 Å². The number of rotatable bonds is 3. The normalized spacial score (nSPS) is 13.7. The third kappa shape index (κ3) is 2.53. The SMILES string of the molecule is O=C(O)c1cc(NC2=C(Cl)C(=O)c3ccccc3C2=O)ccc1[O-]. The highest BCUT2D eigenvalue weighted by atomic mass is 35.5. The monoisotopic (exact) mass is 342 g/mol. The van der Waals surface area contributed by atoms with Gasteiger partial charge in [0.15, 0.2) is 0 Å². The van der Waals surface area contributed by atoms with E-state index in [0.717, 1.165) is 12.1 Å². The number of anilines is 1. The molecular weight excluding hydrogens is 334 g/mol. The summed E-state index contributed by atoms with van der Waals surface area (Å²) in [4.78, 5) is 35.8. The van der Waals surface area contributed by atoms with Crippen molar-refractivity contribution in [3.8, 4) is 5.75 Å². The summed E-state index contributed by atoms with van der Waals surface area (Å²) in [6, 6.07) is 9.70. The quantitative estimate of drug-likeness (QED) is 0.887. The summed E-state index contributed by atoms with van der Waals surface area (Å²) < 4.78 is 0. The van der Waals surface area contributed by atoms with Gasteiger partial charge in [0, 0.05) is 16.8 Å². The number of aromatic carboxylic acids is 1. The number of fused-ring (bicyclic) bond motifs is 1. The molecule has 2 aromatic carbocycles. The van der Waals surface area contributed by atoms with Crippen LogP contribution < -0.4 is 10.4 Å². The average molecular weight is 343 g/mol. The first kappa shape index (κ1) is 15.8. The van der Waals surface area contributed by atoms with Gasteiger partial charge >= 0.3 is 5.97 Å². The topological polar surface area (TPSA) is 107 Å². The number of carboxylic acid groups (broad SMARTS) is 1. The largest absolute Gasteiger partial charge is 0.872 e. The van der Waals surface area contributed by atoms with E-state index in [1.165, 1.54) is 18.2 Å². The number of ketones is 2. The van der Waals surface area contributed by atoms with Crippen molar-refractivity contribution in [2.45, 2.75) is 0 Å². The highest BCUT2D eigenvalue weighted by molar-refractivity contribution is 6.50. The average Bonchev–Trinajstić information content (AvgIpc) is 2.58. The van der Waals surface area contributed by atoms with E-state index in [-0.39, 0.29) is 27.5 Å². The fraction of sp³-hybridized carbons (Fsp3) is 0. The number of nitrogens with one attached hydrogen (secondary N) is 1. The first-order valence-corrected chi connectivity index (χ1v) is 7.17. The van der Waals surface area contributed by atoms with Crippen molar-refractivity contribution < 1.29 is 24.6 Å². The van der Waals surface area contributed by atoms with Gasteiger partial charge in [0.1, 0.15) is 10.7 Å². The van der Waals surface area contributed by atoms with Gasteiger partial charge < -0.3 is 15.5 Å². The van der Waals surface area contributed by atoms with Gasteiger partial charge in [0.2, 0.25) is 11.6 Å². The summed E-state index contributed by atoms with van der Waals surface area (Å²) in [5.74, 6) is -3.05. The Morgan fingerprint density at radius 2 is 1.67 bits per heavy atom. The first-order chi connectivity index (χ1) is 11.4. The second-order valence-electron chi connectivity index (χ2n) is 5.03. The molecule has 1 aliphatic rings. The summed E-state index contributed by atoms with van der Waals surface area (Å²) >= 11 is 6.01. The van der Waals surface area contributed by atoms with Crippen LogP contribution in [-0.2, 0) is 0 Å². The Hall–Kier alpha value is -3.12. The van der Waals surface area contributed by atoms with Crippen LogP contribution in [0.5, 0.6) is 5.75 Å². The van der Waals surface area contributed by atoms with Crippen molar-refractivity contribution in [3.63, 3.8) is 0 Å². The smallest absolute Gasteiger partial charge is 0.335 e. The molecule has 2 aromatic rings. The number of hydrogen-bond acceptors (Lipinski definition) is 5. The Balaban J connectivity index is 2.03. The van der Waals surface area contributed by atoms with E-state index in [0.29, 0.717) is 0 Å². The zero-order valence-electron chi connectivity index (χ0n) is 12.0. The van der Waals surface area contributed by atoms with E-state index in [4.69, 9.17) is 16.7 Å². The minimum Gasteiger partial charge on any atom is -0.872 e. The molecule has 3 rings (SSSR count). The van der Waals surface area contributed by atoms with E-state index in [2.05, 4.69) is 5.32 Å². The summed E-state index contributed by atoms with van der Waals surface area (Å²) in [5, 5.41) is 22.8. The Labute approximate surface area is 141 Å². The molecule has 7 heteroatoms. The number of allylic oxidation sites excluding steroid dienone is 2. The zero-order valence-corrected chi connectivity index (χ0v) is 12.8. The standard InChI is InChI=1S/C17H10ClNO5/c18-13-14(16(22)10-4-2-1-3-9(10)15(13)21)19-8-5-6-12(20)11(7-8)17(23)24/h1-7,19-20H,(H,23,24)/p-1. The van der Waals surface area contributed by atoms with Gasteiger partial charge in [0.05, 0.1) is 5.56 Å². The summed E-state index contributed by atoms with van der Waals surface area (Å²) in [7, 11) is 0. The van der Waals surface area contributed by atoms with Crippen LogP contribution in [0.3, 0.4) is 0 Å². The highest BCUT2D eigenvalue weighted by Crippen LogP contribution is 2.30. The van der Waals surface area contributed by atoms with Crippen LogP contribution in [0.4, 0.5) is 5.69 Å². The maximum Gasteiger partial charge on any atom is 0.335 e. The van der Waals surface area contributed by atoms with Gasteiger partial charge in [-0.25, -0.2) is 4.79 Å². The molecule has 0 spiro atoms. The number of hydrogen-bond donors (Lipinski definition) is 2. The summed E-state index contributed by atoms with van der Waals surface area (Å²) in [6.07, 6.45) is 0. The molecule has 0 amide bonds. The van der Waals surface area contributed by atoms with Gasteiger partial charge in [-0.3, -0.25) is 9.59 Å². The van der Waals surface area contributed by atoms with Gasteiger partial charge in [-0.15, -0.1) is 0 Å². The third-order valence-corrected chi connectivity index (χ3v) is 3.90.